The first-order valence-electron chi connectivity index (χ1n) is 7.70. The van der Waals surface area contributed by atoms with Crippen molar-refractivity contribution in [1.29, 1.82) is 0 Å². The number of amidine groups is 1. The first-order chi connectivity index (χ1) is 11.2. The molecule has 120 valence electrons. The molecule has 1 N–H and O–H groups in total. The van der Waals surface area contributed by atoms with Gasteiger partial charge in [-0.05, 0) is 37.0 Å². The third-order valence-electron chi connectivity index (χ3n) is 3.53. The van der Waals surface area contributed by atoms with E-state index in [1.165, 1.54) is 12.7 Å². The van der Waals surface area contributed by atoms with Crippen LogP contribution in [0.2, 0.25) is 0 Å². The van der Waals surface area contributed by atoms with Gasteiger partial charge in [0.2, 0.25) is 0 Å². The van der Waals surface area contributed by atoms with Crippen molar-refractivity contribution >= 4 is 11.9 Å². The zero-order valence-corrected chi connectivity index (χ0v) is 13.6. The van der Waals surface area contributed by atoms with Gasteiger partial charge in [0.25, 0.3) is 11.9 Å². The van der Waals surface area contributed by atoms with Crippen LogP contribution >= 0.6 is 0 Å². The molecule has 2 rings (SSSR count). The van der Waals surface area contributed by atoms with Gasteiger partial charge in [0.05, 0.1) is 7.11 Å². The molecule has 0 aliphatic carbocycles. The number of hydrogen-bond donors (Lipinski definition) is 1. The number of benzene rings is 2. The number of nitrogens with one attached hydrogen (secondary N) is 1. The minimum Gasteiger partial charge on any atom is -0.468 e. The number of methoxy groups -OCH3 is 1. The monoisotopic (exact) mass is 310 g/mol. The highest BCUT2D eigenvalue weighted by Gasteiger charge is 2.10. The summed E-state index contributed by atoms with van der Waals surface area (Å²) in [5.41, 5.74) is 2.83. The third kappa shape index (κ3) is 5.25. The van der Waals surface area contributed by atoms with Crippen LogP contribution in [0, 0.1) is 6.92 Å². The van der Waals surface area contributed by atoms with Crippen LogP contribution in [0.5, 0.6) is 0 Å². The molecule has 0 unspecified atom stereocenters. The van der Waals surface area contributed by atoms with Crippen LogP contribution in [0.1, 0.15) is 27.9 Å². The van der Waals surface area contributed by atoms with E-state index in [-0.39, 0.29) is 11.9 Å². The van der Waals surface area contributed by atoms with Gasteiger partial charge in [-0.3, -0.25) is 10.1 Å². The number of nitrogens with zero attached hydrogens (tertiary/aromatic N) is 1. The van der Waals surface area contributed by atoms with Crippen LogP contribution < -0.4 is 5.32 Å². The fourth-order valence-corrected chi connectivity index (χ4v) is 2.26. The Bertz CT molecular complexity index is 666. The van der Waals surface area contributed by atoms with Crippen LogP contribution in [-0.4, -0.2) is 25.6 Å². The molecule has 0 aliphatic heterocycles. The lowest BCUT2D eigenvalue weighted by Gasteiger charge is -2.09. The molecule has 0 radical (unpaired) electrons. The fraction of sp³-hybridized carbons (Fsp3) is 0.263. The summed E-state index contributed by atoms with van der Waals surface area (Å²) in [6, 6.07) is 17.9. The highest BCUT2D eigenvalue weighted by Crippen LogP contribution is 2.06. The molecule has 0 saturated heterocycles. The Labute approximate surface area is 137 Å². The van der Waals surface area contributed by atoms with Gasteiger partial charge >= 0.3 is 0 Å². The van der Waals surface area contributed by atoms with Crippen molar-refractivity contribution in [2.45, 2.75) is 19.8 Å². The number of amides is 1. The highest BCUT2D eigenvalue weighted by atomic mass is 16.5. The molecular formula is C19H22N2O2. The zero-order chi connectivity index (χ0) is 16.5. The summed E-state index contributed by atoms with van der Waals surface area (Å²) in [5.74, 6) is -0.202. The van der Waals surface area contributed by atoms with Gasteiger partial charge in [-0.15, -0.1) is 0 Å². The van der Waals surface area contributed by atoms with E-state index in [4.69, 9.17) is 4.74 Å². The average molecular weight is 310 g/mol. The van der Waals surface area contributed by atoms with E-state index in [2.05, 4.69) is 22.4 Å². The molecule has 0 bridgehead atoms. The van der Waals surface area contributed by atoms with Crippen molar-refractivity contribution in [3.63, 3.8) is 0 Å². The highest BCUT2D eigenvalue weighted by molar-refractivity contribution is 6.04. The minimum atomic E-state index is -0.202. The van der Waals surface area contributed by atoms with E-state index in [1.807, 2.05) is 43.3 Å². The number of aliphatic imine (C=N–C) groups is 1. The maximum atomic E-state index is 12.2. The van der Waals surface area contributed by atoms with E-state index in [9.17, 15) is 4.79 Å². The molecule has 2 aromatic carbocycles. The van der Waals surface area contributed by atoms with Gasteiger partial charge in [0, 0.05) is 12.1 Å². The van der Waals surface area contributed by atoms with Crippen molar-refractivity contribution in [3.8, 4) is 0 Å². The quantitative estimate of drug-likeness (QED) is 0.523. The standard InChI is InChI=1S/C19H22N2O2/c1-15-9-6-7-13-17(15)18(22)21-19(23-2)20-14-8-12-16-10-4-3-5-11-16/h3-7,9-11,13H,8,12,14H2,1-2H3,(H,20,21,22). The second-order valence-corrected chi connectivity index (χ2v) is 5.25. The summed E-state index contributed by atoms with van der Waals surface area (Å²) >= 11 is 0. The first kappa shape index (κ1) is 16.7. The zero-order valence-electron chi connectivity index (χ0n) is 13.6. The molecule has 0 spiro atoms. The number of carbonyl (C=O) groups is 1. The van der Waals surface area contributed by atoms with E-state index in [0.29, 0.717) is 12.1 Å². The topological polar surface area (TPSA) is 50.7 Å². The molecule has 4 nitrogen and oxygen atoms in total. The van der Waals surface area contributed by atoms with Gasteiger partial charge < -0.3 is 4.74 Å². The Hall–Kier alpha value is -2.62. The minimum absolute atomic E-state index is 0.202. The van der Waals surface area contributed by atoms with Crippen molar-refractivity contribution in [2.24, 2.45) is 4.99 Å². The molecule has 0 aliphatic rings. The van der Waals surface area contributed by atoms with Crippen LogP contribution in [-0.2, 0) is 11.2 Å². The van der Waals surface area contributed by atoms with Gasteiger partial charge in [0.1, 0.15) is 0 Å². The molecule has 0 fully saturated rings. The molecular weight excluding hydrogens is 288 g/mol. The fourth-order valence-electron chi connectivity index (χ4n) is 2.26. The second kappa shape index (κ2) is 8.73. The van der Waals surface area contributed by atoms with Gasteiger partial charge in [0.15, 0.2) is 0 Å². The Morgan fingerprint density at radius 3 is 2.48 bits per heavy atom. The SMILES string of the molecule is COC(=NCCCc1ccccc1)NC(=O)c1ccccc1C. The lowest BCUT2D eigenvalue weighted by Crippen LogP contribution is -2.32. The van der Waals surface area contributed by atoms with Crippen molar-refractivity contribution in [3.05, 3.63) is 71.3 Å². The van der Waals surface area contributed by atoms with Crippen LogP contribution in [0.25, 0.3) is 0 Å². The van der Waals surface area contributed by atoms with E-state index >= 15 is 0 Å². The average Bonchev–Trinajstić information content (AvgIpc) is 2.58. The summed E-state index contributed by atoms with van der Waals surface area (Å²) in [4.78, 5) is 16.5. The Morgan fingerprint density at radius 2 is 1.78 bits per heavy atom. The van der Waals surface area contributed by atoms with Gasteiger partial charge in [-0.1, -0.05) is 48.5 Å². The largest absolute Gasteiger partial charge is 0.468 e. The predicted molar refractivity (Wildman–Crippen MR) is 92.7 cm³/mol. The second-order valence-electron chi connectivity index (χ2n) is 5.25. The van der Waals surface area contributed by atoms with E-state index < -0.39 is 0 Å². The number of aryl methyl sites for hydroxylation is 2. The number of ether oxygens (including phenoxy) is 1. The lowest BCUT2D eigenvalue weighted by atomic mass is 10.1. The van der Waals surface area contributed by atoms with Crippen LogP contribution in [0.4, 0.5) is 0 Å². The molecule has 4 heteroatoms. The molecule has 0 atom stereocenters. The molecule has 0 aromatic heterocycles. The van der Waals surface area contributed by atoms with Gasteiger partial charge in [-0.25, -0.2) is 4.99 Å². The van der Waals surface area contributed by atoms with E-state index in [1.54, 1.807) is 6.07 Å². The first-order valence-corrected chi connectivity index (χ1v) is 7.70. The summed E-state index contributed by atoms with van der Waals surface area (Å²) in [5, 5.41) is 2.71. The van der Waals surface area contributed by atoms with Crippen molar-refractivity contribution in [2.75, 3.05) is 13.7 Å². The smallest absolute Gasteiger partial charge is 0.291 e. The number of hydrogen-bond acceptors (Lipinski definition) is 3. The van der Waals surface area contributed by atoms with E-state index in [0.717, 1.165) is 18.4 Å². The summed E-state index contributed by atoms with van der Waals surface area (Å²) in [6.07, 6.45) is 1.85. The predicted octanol–water partition coefficient (Wildman–Crippen LogP) is 3.36. The molecule has 1 amide bonds. The Morgan fingerprint density at radius 1 is 1.09 bits per heavy atom. The van der Waals surface area contributed by atoms with Crippen molar-refractivity contribution < 1.29 is 9.53 Å². The number of rotatable bonds is 5. The summed E-state index contributed by atoms with van der Waals surface area (Å²) < 4.78 is 5.15. The Kier molecular flexibility index (Phi) is 6.36. The van der Waals surface area contributed by atoms with Crippen LogP contribution in [0.15, 0.2) is 59.6 Å². The third-order valence-corrected chi connectivity index (χ3v) is 3.53. The summed E-state index contributed by atoms with van der Waals surface area (Å²) in [6.45, 7) is 2.50. The normalized spacial score (nSPS) is 11.1. The maximum absolute atomic E-state index is 12.2. The Balaban J connectivity index is 1.87. The maximum Gasteiger partial charge on any atom is 0.291 e. The molecule has 0 saturated carbocycles. The molecule has 2 aromatic rings. The van der Waals surface area contributed by atoms with Crippen LogP contribution in [0.3, 0.4) is 0 Å². The molecule has 0 heterocycles. The lowest BCUT2D eigenvalue weighted by molar-refractivity contribution is 0.0968. The molecule has 23 heavy (non-hydrogen) atoms. The summed E-state index contributed by atoms with van der Waals surface area (Å²) in [7, 11) is 1.51. The van der Waals surface area contributed by atoms with Gasteiger partial charge in [-0.2, -0.15) is 0 Å². The van der Waals surface area contributed by atoms with Crippen molar-refractivity contribution in [1.82, 2.24) is 5.32 Å². The number of carbonyl (C=O) groups excluding carboxylic acids is 1.